The summed E-state index contributed by atoms with van der Waals surface area (Å²) in [6.07, 6.45) is 6.39. The number of hydrogen-bond acceptors (Lipinski definition) is 10. The van der Waals surface area contributed by atoms with Gasteiger partial charge >= 0.3 is 5.97 Å². The number of aromatic nitrogens is 3. The number of fused-ring (bicyclic) bond motifs is 1. The number of hydrogen-bond donors (Lipinski definition) is 4. The van der Waals surface area contributed by atoms with Crippen molar-refractivity contribution in [2.75, 3.05) is 26.2 Å². The number of carboxylic acids is 1. The molecule has 12 nitrogen and oxygen atoms in total. The maximum atomic E-state index is 11.5. The number of aliphatic hydroxyl groups excluding tert-OH is 2. The van der Waals surface area contributed by atoms with Crippen molar-refractivity contribution < 1.29 is 29.6 Å². The number of benzene rings is 3. The lowest BCUT2D eigenvalue weighted by atomic mass is 10.00. The number of pyridine rings is 1. The van der Waals surface area contributed by atoms with Crippen LogP contribution in [0.5, 0.6) is 11.5 Å². The predicted molar refractivity (Wildman–Crippen MR) is 199 cm³/mol. The van der Waals surface area contributed by atoms with Crippen molar-refractivity contribution in [2.24, 2.45) is 0 Å². The summed E-state index contributed by atoms with van der Waals surface area (Å²) in [4.78, 5) is 17.8. The highest BCUT2D eigenvalue weighted by Gasteiger charge is 2.21. The summed E-state index contributed by atoms with van der Waals surface area (Å²) in [6, 6.07) is 18.1. The first kappa shape index (κ1) is 37.2. The molecule has 0 unspecified atom stereocenters. The Balaban J connectivity index is 1.20. The van der Waals surface area contributed by atoms with E-state index < -0.39 is 18.6 Å². The van der Waals surface area contributed by atoms with E-state index in [-0.39, 0.29) is 25.9 Å². The maximum absolute atomic E-state index is 11.5. The van der Waals surface area contributed by atoms with Crippen LogP contribution in [0, 0.1) is 11.3 Å². The van der Waals surface area contributed by atoms with Crippen molar-refractivity contribution >= 4 is 44.4 Å². The number of aryl methyl sites for hydroxylation is 1. The second-order valence-corrected chi connectivity index (χ2v) is 13.8. The second-order valence-electron chi connectivity index (χ2n) is 12.6. The van der Waals surface area contributed by atoms with Gasteiger partial charge in [0.15, 0.2) is 0 Å². The number of halogens is 2. The number of aliphatic hydroxyl groups is 2. The predicted octanol–water partition coefficient (Wildman–Crippen LogP) is 5.54. The Labute approximate surface area is 314 Å². The van der Waals surface area contributed by atoms with E-state index in [9.17, 15) is 25.4 Å². The number of β-amino-alcohol motifs (C(OH)–C–C–N with tert-alkyl or cyclic N) is 1. The van der Waals surface area contributed by atoms with Gasteiger partial charge in [-0.05, 0) is 69.2 Å². The van der Waals surface area contributed by atoms with E-state index in [0.29, 0.717) is 33.2 Å². The highest BCUT2D eigenvalue weighted by molar-refractivity contribution is 9.10. The van der Waals surface area contributed by atoms with E-state index >= 15 is 0 Å². The quantitative estimate of drug-likeness (QED) is 0.0993. The van der Waals surface area contributed by atoms with Crippen LogP contribution in [0.25, 0.3) is 22.0 Å². The number of aliphatic carboxylic acids is 1. The first-order valence-electron chi connectivity index (χ1n) is 16.9. The molecule has 5 aromatic rings. The van der Waals surface area contributed by atoms with Crippen molar-refractivity contribution in [1.82, 2.24) is 25.0 Å². The molecule has 1 aliphatic rings. The van der Waals surface area contributed by atoms with Crippen LogP contribution in [0.2, 0.25) is 5.02 Å². The second kappa shape index (κ2) is 17.3. The highest BCUT2D eigenvalue weighted by Crippen LogP contribution is 2.37. The molecule has 3 heterocycles. The standard InChI is InChI=1S/C38H38BrClN6O6/c39-37-25(4-1-6-31(37)30-5-2-7-35-32(30)19-44-46(35)10-3-9-45-11-8-28(48)20-45)22-52-36-14-27(23-51-29-12-24(15-41)16-42-18-29)26(13-33(36)40)17-43-34(21-47)38(49)50/h1-2,4-7,12-14,16,18-19,28,34,43,47-48H,3,8-11,17,20-23H2,(H,49,50)/t28-,34+/m1/s1. The number of nitrogens with zero attached hydrogens (tertiary/aromatic N) is 5. The fraction of sp³-hybridized carbons (Fsp3) is 0.316. The molecule has 14 heteroatoms. The molecule has 0 saturated carbocycles. The summed E-state index contributed by atoms with van der Waals surface area (Å²) in [5, 5.41) is 46.9. The summed E-state index contributed by atoms with van der Waals surface area (Å²) in [5.74, 6) is -0.397. The molecule has 1 fully saturated rings. The molecule has 0 radical (unpaired) electrons. The van der Waals surface area contributed by atoms with Crippen molar-refractivity contribution in [3.63, 3.8) is 0 Å². The Kier molecular flexibility index (Phi) is 12.4. The number of nitrogens with one attached hydrogen (secondary N) is 1. The molecule has 52 heavy (non-hydrogen) atoms. The lowest BCUT2D eigenvalue weighted by Crippen LogP contribution is -2.39. The fourth-order valence-corrected chi connectivity index (χ4v) is 7.09. The van der Waals surface area contributed by atoms with Crippen LogP contribution < -0.4 is 14.8 Å². The Morgan fingerprint density at radius 2 is 1.87 bits per heavy atom. The normalized spacial score (nSPS) is 15.1. The van der Waals surface area contributed by atoms with Crippen molar-refractivity contribution in [2.45, 2.75) is 51.3 Å². The monoisotopic (exact) mass is 788 g/mol. The summed E-state index contributed by atoms with van der Waals surface area (Å²) in [6.45, 7) is 3.11. The summed E-state index contributed by atoms with van der Waals surface area (Å²) >= 11 is 10.5. The highest BCUT2D eigenvalue weighted by atomic mass is 79.9. The Bertz CT molecular complexity index is 2090. The molecule has 2 atom stereocenters. The summed E-state index contributed by atoms with van der Waals surface area (Å²) in [5.41, 5.74) is 5.61. The average Bonchev–Trinajstić information content (AvgIpc) is 3.77. The largest absolute Gasteiger partial charge is 0.487 e. The van der Waals surface area contributed by atoms with E-state index in [2.05, 4.69) is 49.3 Å². The molecule has 270 valence electrons. The first-order valence-corrected chi connectivity index (χ1v) is 18.0. The first-order chi connectivity index (χ1) is 25.2. The van der Waals surface area contributed by atoms with Gasteiger partial charge in [-0.15, -0.1) is 0 Å². The minimum Gasteiger partial charge on any atom is -0.487 e. The number of likely N-dealkylation sites (tertiary alicyclic amines) is 1. The number of nitriles is 1. The van der Waals surface area contributed by atoms with Crippen LogP contribution in [0.4, 0.5) is 0 Å². The molecule has 6 rings (SSSR count). The van der Waals surface area contributed by atoms with Gasteiger partial charge in [0.2, 0.25) is 0 Å². The average molecular weight is 790 g/mol. The Morgan fingerprint density at radius 3 is 2.63 bits per heavy atom. The number of rotatable bonds is 16. The molecule has 1 aliphatic heterocycles. The Hall–Kier alpha value is -4.55. The molecule has 3 aromatic carbocycles. The van der Waals surface area contributed by atoms with Gasteiger partial charge in [0, 0.05) is 60.4 Å². The van der Waals surface area contributed by atoms with Gasteiger partial charge in [-0.1, -0.05) is 41.9 Å². The van der Waals surface area contributed by atoms with E-state index in [1.54, 1.807) is 18.2 Å². The summed E-state index contributed by atoms with van der Waals surface area (Å²) < 4.78 is 15.1. The molecule has 2 aromatic heterocycles. The van der Waals surface area contributed by atoms with Gasteiger partial charge in [-0.2, -0.15) is 10.4 Å². The van der Waals surface area contributed by atoms with Gasteiger partial charge in [-0.3, -0.25) is 19.8 Å². The minimum atomic E-state index is -1.18. The van der Waals surface area contributed by atoms with Gasteiger partial charge in [0.25, 0.3) is 0 Å². The maximum Gasteiger partial charge on any atom is 0.323 e. The number of carboxylic acid groups (broad SMARTS) is 1. The van der Waals surface area contributed by atoms with Gasteiger partial charge in [-0.25, -0.2) is 0 Å². The third kappa shape index (κ3) is 8.90. The number of ether oxygens (including phenoxy) is 2. The molecular weight excluding hydrogens is 752 g/mol. The lowest BCUT2D eigenvalue weighted by Gasteiger charge is -2.18. The molecule has 1 saturated heterocycles. The topological polar surface area (TPSA) is 166 Å². The smallest absolute Gasteiger partial charge is 0.323 e. The van der Waals surface area contributed by atoms with Crippen molar-refractivity contribution in [3.8, 4) is 28.7 Å². The van der Waals surface area contributed by atoms with E-state index in [1.807, 2.05) is 35.1 Å². The van der Waals surface area contributed by atoms with E-state index in [1.165, 1.54) is 12.4 Å². The molecule has 0 aliphatic carbocycles. The van der Waals surface area contributed by atoms with Gasteiger partial charge < -0.3 is 29.7 Å². The molecule has 4 N–H and O–H groups in total. The van der Waals surface area contributed by atoms with Crippen LogP contribution in [-0.2, 0) is 31.1 Å². The minimum absolute atomic E-state index is 0.0518. The van der Waals surface area contributed by atoms with Crippen molar-refractivity contribution in [3.05, 3.63) is 105 Å². The zero-order chi connectivity index (χ0) is 36.6. The molecular formula is C38H38BrClN6O6. The van der Waals surface area contributed by atoms with E-state index in [4.69, 9.17) is 26.2 Å². The van der Waals surface area contributed by atoms with Crippen LogP contribution in [0.1, 0.15) is 35.1 Å². The molecule has 0 amide bonds. The number of carbonyl (C=O) groups is 1. The SMILES string of the molecule is N#Cc1cncc(OCc2cc(OCc3cccc(-c4cccc5c4cnn5CCCN4CC[C@@H](O)C4)c3Br)c(Cl)cc2CN[C@@H](CO)C(=O)O)c1. The summed E-state index contributed by atoms with van der Waals surface area (Å²) in [7, 11) is 0. The third-order valence-corrected chi connectivity index (χ3v) is 10.3. The fourth-order valence-electron chi connectivity index (χ4n) is 6.26. The van der Waals surface area contributed by atoms with Crippen LogP contribution in [-0.4, -0.2) is 79.3 Å². The lowest BCUT2D eigenvalue weighted by molar-refractivity contribution is -0.140. The van der Waals surface area contributed by atoms with Gasteiger partial charge in [0.1, 0.15) is 36.8 Å². The zero-order valence-electron chi connectivity index (χ0n) is 28.2. The van der Waals surface area contributed by atoms with Crippen LogP contribution in [0.3, 0.4) is 0 Å². The van der Waals surface area contributed by atoms with Crippen molar-refractivity contribution in [1.29, 1.82) is 5.26 Å². The van der Waals surface area contributed by atoms with Crippen LogP contribution in [0.15, 0.2) is 77.7 Å². The zero-order valence-corrected chi connectivity index (χ0v) is 30.6. The molecule has 0 bridgehead atoms. The van der Waals surface area contributed by atoms with Gasteiger partial charge in [0.05, 0.1) is 41.2 Å². The van der Waals surface area contributed by atoms with Crippen LogP contribution >= 0.6 is 27.5 Å². The molecule has 0 spiro atoms. The Morgan fingerprint density at radius 1 is 1.06 bits per heavy atom. The third-order valence-electron chi connectivity index (χ3n) is 9.04. The van der Waals surface area contributed by atoms with E-state index in [0.717, 1.165) is 71.1 Å².